The predicted molar refractivity (Wildman–Crippen MR) is 94.9 cm³/mol. The minimum atomic E-state index is -1.20. The predicted octanol–water partition coefficient (Wildman–Crippen LogP) is 0.622. The zero-order valence-electron chi connectivity index (χ0n) is 13.7. The van der Waals surface area contributed by atoms with Crippen molar-refractivity contribution in [2.45, 2.75) is 31.1 Å². The third-order valence-electron chi connectivity index (χ3n) is 4.54. The topological polar surface area (TPSA) is 106 Å². The Kier molecular flexibility index (Phi) is 4.55. The molecule has 0 amide bonds. The molecule has 136 valence electrons. The molecule has 3 N–H and O–H groups in total. The molecule has 3 aromatic rings. The molecule has 4 unspecified atom stereocenters. The minimum Gasteiger partial charge on any atom is -0.394 e. The van der Waals surface area contributed by atoms with E-state index in [1.54, 1.807) is 6.33 Å². The van der Waals surface area contributed by atoms with Gasteiger partial charge in [0.15, 0.2) is 11.9 Å². The number of aliphatic hydroxyl groups excluding tert-OH is 3. The van der Waals surface area contributed by atoms with Gasteiger partial charge in [0.1, 0.15) is 28.5 Å². The third kappa shape index (κ3) is 2.83. The van der Waals surface area contributed by atoms with Crippen LogP contribution in [0.1, 0.15) is 11.8 Å². The summed E-state index contributed by atoms with van der Waals surface area (Å²) in [6, 6.07) is 9.88. The molecule has 1 aliphatic rings. The highest BCUT2D eigenvalue weighted by atomic mass is 32.1. The van der Waals surface area contributed by atoms with Crippen LogP contribution in [0.25, 0.3) is 11.2 Å². The Morgan fingerprint density at radius 1 is 1.08 bits per heavy atom. The first kappa shape index (κ1) is 17.3. The smallest absolute Gasteiger partial charge is 0.166 e. The average molecular weight is 374 g/mol. The molecule has 0 aliphatic carbocycles. The molecule has 3 heterocycles. The fraction of sp³-hybridized carbons (Fsp3) is 0.353. The molecule has 26 heavy (non-hydrogen) atoms. The first-order valence-corrected chi connectivity index (χ1v) is 8.59. The second-order valence-electron chi connectivity index (χ2n) is 6.22. The van der Waals surface area contributed by atoms with E-state index in [0.717, 1.165) is 5.56 Å². The quantitative estimate of drug-likeness (QED) is 0.575. The van der Waals surface area contributed by atoms with Gasteiger partial charge in [0.25, 0.3) is 0 Å². The van der Waals surface area contributed by atoms with Crippen LogP contribution in [0.3, 0.4) is 0 Å². The van der Waals surface area contributed by atoms with Crippen molar-refractivity contribution in [1.82, 2.24) is 19.1 Å². The van der Waals surface area contributed by atoms with Gasteiger partial charge >= 0.3 is 0 Å². The highest BCUT2D eigenvalue weighted by Crippen LogP contribution is 2.31. The van der Waals surface area contributed by atoms with Crippen molar-refractivity contribution in [3.63, 3.8) is 0 Å². The van der Waals surface area contributed by atoms with Gasteiger partial charge in [0.05, 0.1) is 19.3 Å². The van der Waals surface area contributed by atoms with Crippen LogP contribution in [0.4, 0.5) is 0 Å². The molecule has 4 rings (SSSR count). The van der Waals surface area contributed by atoms with Crippen molar-refractivity contribution >= 4 is 23.4 Å². The maximum absolute atomic E-state index is 10.2. The van der Waals surface area contributed by atoms with Crippen LogP contribution in [0.2, 0.25) is 0 Å². The van der Waals surface area contributed by atoms with Crippen molar-refractivity contribution in [3.05, 3.63) is 53.2 Å². The molecule has 0 spiro atoms. The van der Waals surface area contributed by atoms with Crippen molar-refractivity contribution in [1.29, 1.82) is 0 Å². The minimum absolute atomic E-state index is 0.391. The number of nitrogens with zero attached hydrogens (tertiary/aromatic N) is 4. The summed E-state index contributed by atoms with van der Waals surface area (Å²) in [5.41, 5.74) is 2.05. The van der Waals surface area contributed by atoms with Gasteiger partial charge in [-0.3, -0.25) is 4.57 Å². The van der Waals surface area contributed by atoms with Crippen molar-refractivity contribution in [2.24, 2.45) is 0 Å². The second-order valence-corrected chi connectivity index (χ2v) is 6.60. The van der Waals surface area contributed by atoms with Crippen LogP contribution in [0.5, 0.6) is 0 Å². The molecule has 8 nitrogen and oxygen atoms in total. The van der Waals surface area contributed by atoms with Crippen molar-refractivity contribution in [2.75, 3.05) is 6.61 Å². The normalized spacial score (nSPS) is 25.8. The SMILES string of the molecule is OCC1OC(n2cnc3c(=S)n(Cc4ccccc4)cnc32)C(O)C1O. The van der Waals surface area contributed by atoms with Crippen LogP contribution in [0, 0.1) is 4.64 Å². The van der Waals surface area contributed by atoms with Gasteiger partial charge in [-0.2, -0.15) is 0 Å². The van der Waals surface area contributed by atoms with Gasteiger partial charge in [-0.05, 0) is 5.56 Å². The summed E-state index contributed by atoms with van der Waals surface area (Å²) in [6.45, 7) is 0.182. The average Bonchev–Trinajstić information content (AvgIpc) is 3.20. The molecular formula is C17H18N4O4S. The molecule has 0 bridgehead atoms. The van der Waals surface area contributed by atoms with Gasteiger partial charge in [-0.25, -0.2) is 9.97 Å². The Bertz CT molecular complexity index is 974. The van der Waals surface area contributed by atoms with Crippen LogP contribution >= 0.6 is 12.2 Å². The summed E-state index contributed by atoms with van der Waals surface area (Å²) in [6.07, 6.45) is -1.03. The fourth-order valence-corrected chi connectivity index (χ4v) is 3.39. The number of benzene rings is 1. The molecule has 0 saturated carbocycles. The first-order valence-electron chi connectivity index (χ1n) is 8.18. The van der Waals surface area contributed by atoms with E-state index in [2.05, 4.69) is 9.97 Å². The summed E-state index contributed by atoms with van der Waals surface area (Å²) < 4.78 is 9.41. The molecule has 9 heteroatoms. The number of hydrogen-bond acceptors (Lipinski definition) is 7. The molecule has 2 aromatic heterocycles. The van der Waals surface area contributed by atoms with Crippen LogP contribution in [0.15, 0.2) is 43.0 Å². The van der Waals surface area contributed by atoms with E-state index in [0.29, 0.717) is 22.3 Å². The lowest BCUT2D eigenvalue weighted by molar-refractivity contribution is -0.0511. The summed E-state index contributed by atoms with van der Waals surface area (Å²) in [5.74, 6) is 0. The fourth-order valence-electron chi connectivity index (χ4n) is 3.13. The van der Waals surface area contributed by atoms with Gasteiger partial charge < -0.3 is 24.6 Å². The number of aliphatic hydroxyl groups is 3. The monoisotopic (exact) mass is 374 g/mol. The molecule has 1 saturated heterocycles. The summed E-state index contributed by atoms with van der Waals surface area (Å²) in [5, 5.41) is 29.4. The van der Waals surface area contributed by atoms with Crippen molar-refractivity contribution in [3.8, 4) is 0 Å². The number of hydrogen-bond donors (Lipinski definition) is 3. The second kappa shape index (κ2) is 6.86. The molecular weight excluding hydrogens is 356 g/mol. The molecule has 1 aliphatic heterocycles. The van der Waals surface area contributed by atoms with E-state index in [1.807, 2.05) is 34.9 Å². The Morgan fingerprint density at radius 3 is 2.54 bits per heavy atom. The standard InChI is InChI=1S/C17H18N4O4S/c22-7-11-13(23)14(24)16(25-11)21-9-18-12-15(21)19-8-20(17(12)26)6-10-4-2-1-3-5-10/h1-5,8-9,11,13-14,16,22-24H,6-7H2. The van der Waals surface area contributed by atoms with E-state index in [9.17, 15) is 15.3 Å². The highest BCUT2D eigenvalue weighted by Gasteiger charge is 2.43. The molecule has 0 radical (unpaired) electrons. The lowest BCUT2D eigenvalue weighted by Crippen LogP contribution is -2.33. The van der Waals surface area contributed by atoms with Crippen LogP contribution in [-0.2, 0) is 11.3 Å². The summed E-state index contributed by atoms with van der Waals surface area (Å²) in [7, 11) is 0. The Labute approximate surface area is 153 Å². The van der Waals surface area contributed by atoms with Crippen molar-refractivity contribution < 1.29 is 20.1 Å². The maximum Gasteiger partial charge on any atom is 0.166 e. The maximum atomic E-state index is 10.2. The van der Waals surface area contributed by atoms with Gasteiger partial charge in [-0.1, -0.05) is 42.5 Å². The number of imidazole rings is 1. The van der Waals surface area contributed by atoms with E-state index >= 15 is 0 Å². The largest absolute Gasteiger partial charge is 0.394 e. The highest BCUT2D eigenvalue weighted by molar-refractivity contribution is 7.71. The lowest BCUT2D eigenvalue weighted by Gasteiger charge is -2.16. The Balaban J connectivity index is 1.70. The first-order chi connectivity index (χ1) is 12.6. The van der Waals surface area contributed by atoms with E-state index in [4.69, 9.17) is 17.0 Å². The van der Waals surface area contributed by atoms with Gasteiger partial charge in [0.2, 0.25) is 0 Å². The number of rotatable bonds is 4. The molecule has 1 fully saturated rings. The van der Waals surface area contributed by atoms with Crippen LogP contribution in [-0.4, -0.2) is 59.3 Å². The Morgan fingerprint density at radius 2 is 1.85 bits per heavy atom. The van der Waals surface area contributed by atoms with E-state index in [-0.39, 0.29) is 0 Å². The summed E-state index contributed by atoms with van der Waals surface area (Å²) >= 11 is 5.53. The third-order valence-corrected chi connectivity index (χ3v) is 4.97. The number of fused-ring (bicyclic) bond motifs is 1. The lowest BCUT2D eigenvalue weighted by atomic mass is 10.1. The summed E-state index contributed by atoms with van der Waals surface area (Å²) in [4.78, 5) is 8.73. The molecule has 4 atom stereocenters. The zero-order valence-corrected chi connectivity index (χ0v) is 14.5. The van der Waals surface area contributed by atoms with E-state index in [1.165, 1.54) is 10.9 Å². The Hall–Kier alpha value is -2.17. The van der Waals surface area contributed by atoms with Crippen LogP contribution < -0.4 is 0 Å². The molecule has 1 aromatic carbocycles. The van der Waals surface area contributed by atoms with Gasteiger partial charge in [-0.15, -0.1) is 0 Å². The van der Waals surface area contributed by atoms with E-state index < -0.39 is 31.1 Å². The van der Waals surface area contributed by atoms with Gasteiger partial charge in [0, 0.05) is 6.54 Å². The number of aromatic nitrogens is 4. The zero-order chi connectivity index (χ0) is 18.3. The number of ether oxygens (including phenoxy) is 1.